The van der Waals surface area contributed by atoms with E-state index in [0.29, 0.717) is 43.1 Å². The number of hydrogen-bond donors (Lipinski definition) is 2. The van der Waals surface area contributed by atoms with Crippen LogP contribution in [-0.4, -0.2) is 31.5 Å². The lowest BCUT2D eigenvalue weighted by molar-refractivity contribution is -0.118. The van der Waals surface area contributed by atoms with Crippen molar-refractivity contribution in [2.24, 2.45) is 0 Å². The van der Waals surface area contributed by atoms with E-state index in [9.17, 15) is 9.59 Å². The van der Waals surface area contributed by atoms with Crippen LogP contribution in [0, 0.1) is 0 Å². The number of carbonyl (C=O) groups excluding carboxylic acids is 2. The van der Waals surface area contributed by atoms with Crippen LogP contribution in [0.3, 0.4) is 0 Å². The number of amides is 2. The molecule has 1 unspecified atom stereocenters. The number of nitrogens with zero attached hydrogens (tertiary/aromatic N) is 1. The highest BCUT2D eigenvalue weighted by Crippen LogP contribution is 2.34. The van der Waals surface area contributed by atoms with Gasteiger partial charge in [0.05, 0.1) is 18.8 Å². The van der Waals surface area contributed by atoms with E-state index in [1.807, 2.05) is 18.2 Å². The van der Waals surface area contributed by atoms with Crippen LogP contribution in [0.4, 0.5) is 11.4 Å². The lowest BCUT2D eigenvalue weighted by Crippen LogP contribution is -2.44. The maximum Gasteiger partial charge on any atom is 0.241 e. The summed E-state index contributed by atoms with van der Waals surface area (Å²) < 4.78 is 5.40. The number of fused-ring (bicyclic) bond motifs is 1. The molecule has 0 radical (unpaired) electrons. The number of anilines is 2. The predicted molar refractivity (Wildman–Crippen MR) is 111 cm³/mol. The Hall–Kier alpha value is -2.57. The highest BCUT2D eigenvalue weighted by atomic mass is 35.5. The molecule has 2 aliphatic heterocycles. The van der Waals surface area contributed by atoms with Gasteiger partial charge in [0.25, 0.3) is 0 Å². The van der Waals surface area contributed by atoms with Crippen LogP contribution in [-0.2, 0) is 22.6 Å². The standard InChI is InChI=1S/C21H23N3O3.ClH/c1-27-19-9-8-16(12-18(19)24-10-4-7-20(24)25)23-21(26)17-11-14-5-2-3-6-15(14)13-22-17;/h2-3,5-6,8-9,12,17,22H,4,7,10-11,13H2,1H3,(H,23,26);1H. The summed E-state index contributed by atoms with van der Waals surface area (Å²) in [6, 6.07) is 13.3. The van der Waals surface area contributed by atoms with Crippen LogP contribution >= 0.6 is 12.4 Å². The quantitative estimate of drug-likeness (QED) is 0.826. The van der Waals surface area contributed by atoms with Crippen molar-refractivity contribution >= 4 is 35.6 Å². The minimum absolute atomic E-state index is 0. The zero-order chi connectivity index (χ0) is 18.8. The third-order valence-corrected chi connectivity index (χ3v) is 5.21. The van der Waals surface area contributed by atoms with Crippen LogP contribution in [0.2, 0.25) is 0 Å². The number of nitrogens with one attached hydrogen (secondary N) is 2. The summed E-state index contributed by atoms with van der Waals surface area (Å²) in [6.45, 7) is 1.36. The second kappa shape index (κ2) is 8.63. The highest BCUT2D eigenvalue weighted by Gasteiger charge is 2.26. The van der Waals surface area contributed by atoms with E-state index in [2.05, 4.69) is 22.8 Å². The first kappa shape index (κ1) is 20.2. The van der Waals surface area contributed by atoms with E-state index < -0.39 is 0 Å². The lowest BCUT2D eigenvalue weighted by Gasteiger charge is -2.25. The Morgan fingerprint density at radius 2 is 2.00 bits per heavy atom. The van der Waals surface area contributed by atoms with E-state index in [0.717, 1.165) is 6.42 Å². The molecule has 2 aromatic rings. The summed E-state index contributed by atoms with van der Waals surface area (Å²) in [7, 11) is 1.58. The smallest absolute Gasteiger partial charge is 0.241 e. The molecule has 4 rings (SSSR count). The Labute approximate surface area is 170 Å². The van der Waals surface area contributed by atoms with Gasteiger partial charge < -0.3 is 20.3 Å². The number of ether oxygens (including phenoxy) is 1. The second-order valence-electron chi connectivity index (χ2n) is 6.93. The molecule has 0 aliphatic carbocycles. The van der Waals surface area contributed by atoms with Crippen molar-refractivity contribution in [2.45, 2.75) is 31.8 Å². The van der Waals surface area contributed by atoms with Gasteiger partial charge >= 0.3 is 0 Å². The molecule has 0 saturated carbocycles. The number of rotatable bonds is 4. The second-order valence-corrected chi connectivity index (χ2v) is 6.93. The number of carbonyl (C=O) groups is 2. The van der Waals surface area contributed by atoms with Crippen LogP contribution in [0.25, 0.3) is 0 Å². The summed E-state index contributed by atoms with van der Waals surface area (Å²) in [5.41, 5.74) is 3.81. The summed E-state index contributed by atoms with van der Waals surface area (Å²) >= 11 is 0. The molecule has 7 heteroatoms. The van der Waals surface area contributed by atoms with Gasteiger partial charge in [-0.25, -0.2) is 0 Å². The molecule has 6 nitrogen and oxygen atoms in total. The fourth-order valence-electron chi connectivity index (χ4n) is 3.75. The summed E-state index contributed by atoms with van der Waals surface area (Å²) in [6.07, 6.45) is 2.05. The largest absolute Gasteiger partial charge is 0.495 e. The first-order valence-corrected chi connectivity index (χ1v) is 9.25. The van der Waals surface area contributed by atoms with Gasteiger partial charge in [0.2, 0.25) is 11.8 Å². The topological polar surface area (TPSA) is 70.7 Å². The van der Waals surface area contributed by atoms with Gasteiger partial charge in [-0.05, 0) is 42.2 Å². The third kappa shape index (κ3) is 3.98. The molecule has 2 aliphatic rings. The molecule has 1 saturated heterocycles. The van der Waals surface area contributed by atoms with Gasteiger partial charge in [-0.15, -0.1) is 12.4 Å². The Morgan fingerprint density at radius 1 is 1.21 bits per heavy atom. The molecule has 1 fully saturated rings. The molecule has 0 spiro atoms. The van der Waals surface area contributed by atoms with E-state index in [4.69, 9.17) is 4.74 Å². The summed E-state index contributed by atoms with van der Waals surface area (Å²) in [5, 5.41) is 6.27. The van der Waals surface area contributed by atoms with Crippen molar-refractivity contribution < 1.29 is 14.3 Å². The predicted octanol–water partition coefficient (Wildman–Crippen LogP) is 2.90. The number of halogens is 1. The molecular weight excluding hydrogens is 378 g/mol. The summed E-state index contributed by atoms with van der Waals surface area (Å²) in [5.74, 6) is 0.642. The van der Waals surface area contributed by atoms with Crippen molar-refractivity contribution in [2.75, 3.05) is 23.9 Å². The van der Waals surface area contributed by atoms with Gasteiger partial charge in [0.15, 0.2) is 0 Å². The molecule has 148 valence electrons. The molecule has 2 heterocycles. The first-order valence-electron chi connectivity index (χ1n) is 9.25. The van der Waals surface area contributed by atoms with E-state index in [-0.39, 0.29) is 30.3 Å². The highest BCUT2D eigenvalue weighted by molar-refractivity contribution is 5.99. The van der Waals surface area contributed by atoms with Crippen LogP contribution in [0.15, 0.2) is 42.5 Å². The zero-order valence-corrected chi connectivity index (χ0v) is 16.6. The maximum absolute atomic E-state index is 12.7. The Bertz CT molecular complexity index is 887. The van der Waals surface area contributed by atoms with Gasteiger partial charge in [0.1, 0.15) is 5.75 Å². The molecule has 2 N–H and O–H groups in total. The van der Waals surface area contributed by atoms with Gasteiger partial charge in [-0.2, -0.15) is 0 Å². The number of hydrogen-bond acceptors (Lipinski definition) is 4. The molecule has 2 aromatic carbocycles. The fourth-order valence-corrected chi connectivity index (χ4v) is 3.75. The zero-order valence-electron chi connectivity index (χ0n) is 15.7. The molecule has 0 aromatic heterocycles. The molecule has 28 heavy (non-hydrogen) atoms. The Kier molecular flexibility index (Phi) is 6.21. The lowest BCUT2D eigenvalue weighted by atomic mass is 9.95. The van der Waals surface area contributed by atoms with Crippen LogP contribution < -0.4 is 20.3 Å². The van der Waals surface area contributed by atoms with Crippen molar-refractivity contribution in [3.63, 3.8) is 0 Å². The van der Waals surface area contributed by atoms with Crippen molar-refractivity contribution in [3.05, 3.63) is 53.6 Å². The van der Waals surface area contributed by atoms with Crippen LogP contribution in [0.1, 0.15) is 24.0 Å². The van der Waals surface area contributed by atoms with E-state index >= 15 is 0 Å². The Balaban J connectivity index is 0.00000225. The Morgan fingerprint density at radius 3 is 2.71 bits per heavy atom. The van der Waals surface area contributed by atoms with Crippen molar-refractivity contribution in [3.8, 4) is 5.75 Å². The average molecular weight is 402 g/mol. The number of methoxy groups -OCH3 is 1. The maximum atomic E-state index is 12.7. The molecule has 2 amide bonds. The van der Waals surface area contributed by atoms with Gasteiger partial charge in [0, 0.05) is 25.2 Å². The minimum atomic E-state index is -0.279. The average Bonchev–Trinajstić information content (AvgIpc) is 3.13. The van der Waals surface area contributed by atoms with Crippen LogP contribution in [0.5, 0.6) is 5.75 Å². The molecular formula is C21H24ClN3O3. The fraction of sp³-hybridized carbons (Fsp3) is 0.333. The van der Waals surface area contributed by atoms with Crippen molar-refractivity contribution in [1.82, 2.24) is 5.32 Å². The van der Waals surface area contributed by atoms with E-state index in [1.165, 1.54) is 11.1 Å². The van der Waals surface area contributed by atoms with E-state index in [1.54, 1.807) is 24.1 Å². The minimum Gasteiger partial charge on any atom is -0.495 e. The van der Waals surface area contributed by atoms with Gasteiger partial charge in [-0.1, -0.05) is 24.3 Å². The SMILES string of the molecule is COc1ccc(NC(=O)C2Cc3ccccc3CN2)cc1N1CCCC1=O.Cl. The normalized spacial score (nSPS) is 18.2. The summed E-state index contributed by atoms with van der Waals surface area (Å²) in [4.78, 5) is 26.6. The van der Waals surface area contributed by atoms with Crippen molar-refractivity contribution in [1.29, 1.82) is 0 Å². The first-order chi connectivity index (χ1) is 13.2. The molecule has 0 bridgehead atoms. The molecule has 1 atom stereocenters. The third-order valence-electron chi connectivity index (χ3n) is 5.21. The van der Waals surface area contributed by atoms with Gasteiger partial charge in [-0.3, -0.25) is 9.59 Å². The monoisotopic (exact) mass is 401 g/mol. The number of benzene rings is 2.